The zero-order valence-corrected chi connectivity index (χ0v) is 14.9. The lowest BCUT2D eigenvalue weighted by Gasteiger charge is -2.24. The number of hydrogen-bond acceptors (Lipinski definition) is 2. The number of nitrogens with one attached hydrogen (secondary N) is 1. The van der Waals surface area contributed by atoms with Crippen molar-refractivity contribution in [3.63, 3.8) is 0 Å². The number of halogens is 2. The summed E-state index contributed by atoms with van der Waals surface area (Å²) >= 11 is 12.0. The number of rotatable bonds is 5. The third-order valence-corrected chi connectivity index (χ3v) is 4.34. The van der Waals surface area contributed by atoms with E-state index in [1.807, 2.05) is 18.9 Å². The Morgan fingerprint density at radius 3 is 2.48 bits per heavy atom. The molecule has 0 aliphatic carbocycles. The minimum absolute atomic E-state index is 0.122. The van der Waals surface area contributed by atoms with E-state index >= 15 is 0 Å². The van der Waals surface area contributed by atoms with E-state index in [0.29, 0.717) is 22.3 Å². The van der Waals surface area contributed by atoms with Gasteiger partial charge >= 0.3 is 0 Å². The van der Waals surface area contributed by atoms with Gasteiger partial charge in [-0.1, -0.05) is 53.0 Å². The van der Waals surface area contributed by atoms with Gasteiger partial charge in [0.05, 0.1) is 16.8 Å². The van der Waals surface area contributed by atoms with Crippen LogP contribution >= 0.6 is 23.2 Å². The zero-order valence-electron chi connectivity index (χ0n) is 13.4. The van der Waals surface area contributed by atoms with E-state index in [0.717, 1.165) is 0 Å². The first kappa shape index (κ1) is 17.8. The smallest absolute Gasteiger partial charge is 0.241 e. The Morgan fingerprint density at radius 1 is 1.17 bits per heavy atom. The number of amides is 1. The zero-order chi connectivity index (χ0) is 17.0. The molecule has 0 radical (unpaired) electrons. The van der Waals surface area contributed by atoms with Crippen LogP contribution in [-0.2, 0) is 11.3 Å². The molecule has 1 amide bonds. The molecular formula is C18H20Cl2N2O. The van der Waals surface area contributed by atoms with Crippen molar-refractivity contribution in [3.05, 3.63) is 63.6 Å². The maximum absolute atomic E-state index is 12.4. The van der Waals surface area contributed by atoms with Gasteiger partial charge in [0.15, 0.2) is 0 Å². The highest BCUT2D eigenvalue weighted by Gasteiger charge is 2.19. The Morgan fingerprint density at radius 2 is 1.83 bits per heavy atom. The van der Waals surface area contributed by atoms with Crippen LogP contribution in [-0.4, -0.2) is 23.9 Å². The molecule has 5 heteroatoms. The lowest BCUT2D eigenvalue weighted by Crippen LogP contribution is -2.39. The van der Waals surface area contributed by atoms with Crippen molar-refractivity contribution in [2.45, 2.75) is 26.4 Å². The first-order chi connectivity index (χ1) is 10.9. The molecular weight excluding hydrogens is 331 g/mol. The maximum atomic E-state index is 12.4. The van der Waals surface area contributed by atoms with Gasteiger partial charge in [0.1, 0.15) is 0 Å². The van der Waals surface area contributed by atoms with Crippen LogP contribution in [0, 0.1) is 6.92 Å². The van der Waals surface area contributed by atoms with Crippen LogP contribution in [0.1, 0.15) is 18.1 Å². The fraction of sp³-hybridized carbons (Fsp3) is 0.278. The average Bonchev–Trinajstić information content (AvgIpc) is 2.52. The molecule has 0 saturated carbocycles. The second-order valence-electron chi connectivity index (χ2n) is 5.69. The van der Waals surface area contributed by atoms with Crippen LogP contribution in [0.3, 0.4) is 0 Å². The van der Waals surface area contributed by atoms with Gasteiger partial charge in [-0.2, -0.15) is 0 Å². The van der Waals surface area contributed by atoms with Gasteiger partial charge < -0.3 is 5.32 Å². The van der Waals surface area contributed by atoms with Gasteiger partial charge in [-0.3, -0.25) is 9.69 Å². The minimum Gasteiger partial charge on any atom is -0.323 e. The topological polar surface area (TPSA) is 32.3 Å². The van der Waals surface area contributed by atoms with Crippen LogP contribution in [0.15, 0.2) is 42.5 Å². The van der Waals surface area contributed by atoms with Gasteiger partial charge in [-0.15, -0.1) is 0 Å². The van der Waals surface area contributed by atoms with E-state index in [1.54, 1.807) is 18.2 Å². The molecule has 2 aromatic carbocycles. The molecule has 122 valence electrons. The molecule has 23 heavy (non-hydrogen) atoms. The lowest BCUT2D eigenvalue weighted by molar-refractivity contribution is -0.120. The first-order valence-electron chi connectivity index (χ1n) is 7.38. The van der Waals surface area contributed by atoms with Gasteiger partial charge in [0, 0.05) is 11.6 Å². The quantitative estimate of drug-likeness (QED) is 0.842. The summed E-state index contributed by atoms with van der Waals surface area (Å²) in [7, 11) is 1.92. The normalized spacial score (nSPS) is 12.3. The Bertz CT molecular complexity index is 686. The number of nitrogens with zero attached hydrogens (tertiary/aromatic N) is 1. The molecule has 1 atom stereocenters. The van der Waals surface area contributed by atoms with Crippen LogP contribution in [0.2, 0.25) is 10.0 Å². The summed E-state index contributed by atoms with van der Waals surface area (Å²) in [6.07, 6.45) is 0. The second-order valence-corrected chi connectivity index (χ2v) is 6.53. The number of carbonyl (C=O) groups is 1. The molecule has 0 heterocycles. The number of aryl methyl sites for hydroxylation is 1. The molecule has 0 bridgehead atoms. The van der Waals surface area contributed by atoms with Crippen molar-refractivity contribution in [1.82, 2.24) is 4.90 Å². The van der Waals surface area contributed by atoms with E-state index in [9.17, 15) is 4.79 Å². The Kier molecular flexibility index (Phi) is 6.05. The van der Waals surface area contributed by atoms with Crippen molar-refractivity contribution in [2.75, 3.05) is 12.4 Å². The predicted molar refractivity (Wildman–Crippen MR) is 97.2 cm³/mol. The van der Waals surface area contributed by atoms with E-state index < -0.39 is 0 Å². The van der Waals surface area contributed by atoms with E-state index in [1.165, 1.54) is 11.1 Å². The summed E-state index contributed by atoms with van der Waals surface area (Å²) < 4.78 is 0. The molecule has 0 aliphatic rings. The van der Waals surface area contributed by atoms with E-state index in [-0.39, 0.29) is 11.9 Å². The molecule has 2 aromatic rings. The lowest BCUT2D eigenvalue weighted by atomic mass is 10.1. The van der Waals surface area contributed by atoms with Gasteiger partial charge in [0.25, 0.3) is 0 Å². The van der Waals surface area contributed by atoms with Crippen molar-refractivity contribution in [1.29, 1.82) is 0 Å². The summed E-state index contributed by atoms with van der Waals surface area (Å²) in [6.45, 7) is 4.61. The largest absolute Gasteiger partial charge is 0.323 e. The molecule has 0 fully saturated rings. The molecule has 0 spiro atoms. The standard InChI is InChI=1S/C18H20Cl2N2O/c1-12-4-6-14(7-5-12)11-22(3)13(2)18(23)21-17-10-15(19)8-9-16(17)20/h4-10,13H,11H2,1-3H3,(H,21,23)/t13-/m1/s1. The summed E-state index contributed by atoms with van der Waals surface area (Å²) in [5.41, 5.74) is 2.91. The second kappa shape index (κ2) is 7.82. The summed E-state index contributed by atoms with van der Waals surface area (Å²) in [4.78, 5) is 14.4. The SMILES string of the molecule is Cc1ccc(CN(C)[C@H](C)C(=O)Nc2cc(Cl)ccc2Cl)cc1. The number of anilines is 1. The van der Waals surface area contributed by atoms with Crippen LogP contribution in [0.4, 0.5) is 5.69 Å². The third-order valence-electron chi connectivity index (χ3n) is 3.78. The summed E-state index contributed by atoms with van der Waals surface area (Å²) in [5.74, 6) is -0.122. The fourth-order valence-electron chi connectivity index (χ4n) is 2.15. The number of benzene rings is 2. The molecule has 0 aromatic heterocycles. The van der Waals surface area contributed by atoms with Crippen LogP contribution in [0.5, 0.6) is 0 Å². The number of carbonyl (C=O) groups excluding carboxylic acids is 1. The highest BCUT2D eigenvalue weighted by molar-refractivity contribution is 6.35. The fourth-order valence-corrected chi connectivity index (χ4v) is 2.49. The summed E-state index contributed by atoms with van der Waals surface area (Å²) in [5, 5.41) is 3.83. The Hall–Kier alpha value is -1.55. The van der Waals surface area contributed by atoms with Crippen molar-refractivity contribution >= 4 is 34.8 Å². The minimum atomic E-state index is -0.300. The summed E-state index contributed by atoms with van der Waals surface area (Å²) in [6, 6.07) is 13.0. The van der Waals surface area contributed by atoms with Gasteiger partial charge in [0.2, 0.25) is 5.91 Å². The number of hydrogen-bond donors (Lipinski definition) is 1. The van der Waals surface area contributed by atoms with Crippen LogP contribution < -0.4 is 5.32 Å². The van der Waals surface area contributed by atoms with Crippen LogP contribution in [0.25, 0.3) is 0 Å². The van der Waals surface area contributed by atoms with Gasteiger partial charge in [-0.05, 0) is 44.7 Å². The first-order valence-corrected chi connectivity index (χ1v) is 8.14. The molecule has 0 aliphatic heterocycles. The Labute approximate surface area is 147 Å². The number of likely N-dealkylation sites (N-methyl/N-ethyl adjacent to an activating group) is 1. The molecule has 2 rings (SSSR count). The highest BCUT2D eigenvalue weighted by Crippen LogP contribution is 2.25. The predicted octanol–water partition coefficient (Wildman–Crippen LogP) is 4.76. The van der Waals surface area contributed by atoms with E-state index in [2.05, 4.69) is 36.5 Å². The molecule has 0 unspecified atom stereocenters. The monoisotopic (exact) mass is 350 g/mol. The van der Waals surface area contributed by atoms with Crippen molar-refractivity contribution in [2.24, 2.45) is 0 Å². The van der Waals surface area contributed by atoms with Crippen molar-refractivity contribution < 1.29 is 4.79 Å². The maximum Gasteiger partial charge on any atom is 0.241 e. The highest BCUT2D eigenvalue weighted by atomic mass is 35.5. The average molecular weight is 351 g/mol. The molecule has 3 nitrogen and oxygen atoms in total. The van der Waals surface area contributed by atoms with Crippen molar-refractivity contribution in [3.8, 4) is 0 Å². The Balaban J connectivity index is 2.00. The molecule has 1 N–H and O–H groups in total. The molecule has 0 saturated heterocycles. The third kappa shape index (κ3) is 4.96. The van der Waals surface area contributed by atoms with Gasteiger partial charge in [-0.25, -0.2) is 0 Å². The van der Waals surface area contributed by atoms with E-state index in [4.69, 9.17) is 23.2 Å².